The van der Waals surface area contributed by atoms with Crippen LogP contribution in [0.2, 0.25) is 0 Å². The summed E-state index contributed by atoms with van der Waals surface area (Å²) in [5, 5.41) is 15.5. The third-order valence-corrected chi connectivity index (χ3v) is 4.22. The van der Waals surface area contributed by atoms with Crippen LogP contribution in [0, 0.1) is 25.2 Å². The Balaban J connectivity index is 1.79. The molecule has 2 aromatic carbocycles. The first-order valence-electron chi connectivity index (χ1n) is 9.23. The van der Waals surface area contributed by atoms with Gasteiger partial charge in [-0.2, -0.15) is 5.26 Å². The van der Waals surface area contributed by atoms with E-state index in [4.69, 9.17) is 14.0 Å². The second-order valence-electron chi connectivity index (χ2n) is 6.61. The number of hydrogen-bond acceptors (Lipinski definition) is 7. The lowest BCUT2D eigenvalue weighted by molar-refractivity contribution is -0.112. The monoisotopic (exact) mass is 417 g/mol. The summed E-state index contributed by atoms with van der Waals surface area (Å²) in [6, 6.07) is 15.1. The van der Waals surface area contributed by atoms with Gasteiger partial charge in [-0.15, -0.1) is 0 Å². The molecule has 156 valence electrons. The van der Waals surface area contributed by atoms with Gasteiger partial charge in [0.15, 0.2) is 17.3 Å². The molecule has 0 radical (unpaired) electrons. The van der Waals surface area contributed by atoms with E-state index in [2.05, 4.69) is 10.5 Å². The first-order valence-corrected chi connectivity index (χ1v) is 9.23. The van der Waals surface area contributed by atoms with E-state index in [1.165, 1.54) is 25.3 Å². The Morgan fingerprint density at radius 2 is 1.84 bits per heavy atom. The molecule has 1 N–H and O–H groups in total. The topological polar surface area (TPSA) is 114 Å². The van der Waals surface area contributed by atoms with Crippen molar-refractivity contribution >= 4 is 23.8 Å². The van der Waals surface area contributed by atoms with E-state index >= 15 is 0 Å². The maximum atomic E-state index is 12.4. The van der Waals surface area contributed by atoms with Crippen LogP contribution in [0.25, 0.3) is 6.08 Å². The van der Waals surface area contributed by atoms with E-state index < -0.39 is 11.9 Å². The Labute approximate surface area is 178 Å². The predicted molar refractivity (Wildman–Crippen MR) is 113 cm³/mol. The van der Waals surface area contributed by atoms with Gasteiger partial charge < -0.3 is 19.3 Å². The molecule has 0 fully saturated rings. The van der Waals surface area contributed by atoms with Crippen LogP contribution in [-0.2, 0) is 4.79 Å². The number of benzene rings is 2. The molecule has 0 aliphatic rings. The first kappa shape index (κ1) is 21.3. The summed E-state index contributed by atoms with van der Waals surface area (Å²) in [5.74, 6) is 0.0643. The van der Waals surface area contributed by atoms with Crippen molar-refractivity contribution in [2.75, 3.05) is 12.4 Å². The molecule has 0 bridgehead atoms. The van der Waals surface area contributed by atoms with Crippen molar-refractivity contribution in [3.8, 4) is 17.6 Å². The zero-order valence-electron chi connectivity index (χ0n) is 17.1. The molecule has 8 nitrogen and oxygen atoms in total. The quantitative estimate of drug-likeness (QED) is 0.278. The van der Waals surface area contributed by atoms with Crippen LogP contribution in [0.1, 0.15) is 27.2 Å². The normalized spacial score (nSPS) is 10.8. The third kappa shape index (κ3) is 5.36. The number of aryl methyl sites for hydroxylation is 2. The number of methoxy groups -OCH3 is 1. The minimum atomic E-state index is -0.635. The SMILES string of the molecule is COc1cc(/C=C(/C#N)C(=O)Nc2cc(C)on2)ccc1OC(=O)c1ccc(C)cc1. The number of ether oxygens (including phenoxy) is 2. The maximum absolute atomic E-state index is 12.4. The molecule has 8 heteroatoms. The standard InChI is InChI=1S/C23H19N3O5/c1-14-4-7-17(8-5-14)23(28)30-19-9-6-16(12-20(19)29-3)11-18(13-24)22(27)25-21-10-15(2)31-26-21/h4-12H,1-3H3,(H,25,26,27)/b18-11-. The average Bonchev–Trinajstić information content (AvgIpc) is 3.17. The number of nitrogens with zero attached hydrogens (tertiary/aromatic N) is 2. The first-order chi connectivity index (χ1) is 14.9. The molecule has 31 heavy (non-hydrogen) atoms. The smallest absolute Gasteiger partial charge is 0.343 e. The van der Waals surface area contributed by atoms with Crippen molar-refractivity contribution in [2.24, 2.45) is 0 Å². The van der Waals surface area contributed by atoms with Crippen LogP contribution in [-0.4, -0.2) is 24.1 Å². The van der Waals surface area contributed by atoms with Crippen molar-refractivity contribution < 1.29 is 23.6 Å². The molecule has 0 saturated carbocycles. The molecule has 3 aromatic rings. The highest BCUT2D eigenvalue weighted by Gasteiger charge is 2.15. The van der Waals surface area contributed by atoms with Gasteiger partial charge in [0, 0.05) is 6.07 Å². The fourth-order valence-corrected chi connectivity index (χ4v) is 2.63. The Bertz CT molecular complexity index is 1190. The van der Waals surface area contributed by atoms with Crippen molar-refractivity contribution in [2.45, 2.75) is 13.8 Å². The maximum Gasteiger partial charge on any atom is 0.343 e. The number of nitrogens with one attached hydrogen (secondary N) is 1. The summed E-state index contributed by atoms with van der Waals surface area (Å²) >= 11 is 0. The minimum Gasteiger partial charge on any atom is -0.493 e. The molecule has 0 unspecified atom stereocenters. The van der Waals surface area contributed by atoms with Gasteiger partial charge in [0.25, 0.3) is 5.91 Å². The number of nitriles is 1. The molecule has 0 atom stereocenters. The van der Waals surface area contributed by atoms with Crippen molar-refractivity contribution in [3.63, 3.8) is 0 Å². The molecule has 0 saturated heterocycles. The number of aromatic nitrogens is 1. The molecule has 1 heterocycles. The van der Waals surface area contributed by atoms with Crippen LogP contribution in [0.5, 0.6) is 11.5 Å². The van der Waals surface area contributed by atoms with Crippen LogP contribution >= 0.6 is 0 Å². The Morgan fingerprint density at radius 3 is 2.45 bits per heavy atom. The highest BCUT2D eigenvalue weighted by Crippen LogP contribution is 2.30. The van der Waals surface area contributed by atoms with Gasteiger partial charge in [-0.1, -0.05) is 28.9 Å². The highest BCUT2D eigenvalue weighted by atomic mass is 16.6. The van der Waals surface area contributed by atoms with Crippen molar-refractivity contribution in [1.82, 2.24) is 5.16 Å². The van der Waals surface area contributed by atoms with E-state index in [9.17, 15) is 14.9 Å². The summed E-state index contributed by atoms with van der Waals surface area (Å²) in [7, 11) is 1.43. The third-order valence-electron chi connectivity index (χ3n) is 4.22. The van der Waals surface area contributed by atoms with Gasteiger partial charge in [-0.3, -0.25) is 4.79 Å². The van der Waals surface area contributed by atoms with E-state index in [-0.39, 0.29) is 22.9 Å². The summed E-state index contributed by atoms with van der Waals surface area (Å²) in [6.07, 6.45) is 1.39. The number of rotatable bonds is 6. The fraction of sp³-hybridized carbons (Fsp3) is 0.130. The second-order valence-corrected chi connectivity index (χ2v) is 6.61. The number of esters is 1. The Kier molecular flexibility index (Phi) is 6.48. The Hall–Kier alpha value is -4.38. The number of carbonyl (C=O) groups excluding carboxylic acids is 2. The minimum absolute atomic E-state index is 0.146. The zero-order valence-corrected chi connectivity index (χ0v) is 17.1. The number of amides is 1. The molecular formula is C23H19N3O5. The van der Waals surface area contributed by atoms with Gasteiger partial charge >= 0.3 is 5.97 Å². The number of hydrogen-bond donors (Lipinski definition) is 1. The van der Waals surface area contributed by atoms with Crippen molar-refractivity contribution in [3.05, 3.63) is 76.6 Å². The second kappa shape index (κ2) is 9.41. The van der Waals surface area contributed by atoms with Gasteiger partial charge in [0.05, 0.1) is 12.7 Å². The molecule has 0 spiro atoms. The fourth-order valence-electron chi connectivity index (χ4n) is 2.63. The van der Waals surface area contributed by atoms with Crippen LogP contribution in [0.4, 0.5) is 5.82 Å². The zero-order chi connectivity index (χ0) is 22.4. The lowest BCUT2D eigenvalue weighted by Crippen LogP contribution is -2.13. The van der Waals surface area contributed by atoms with E-state index in [0.29, 0.717) is 16.9 Å². The number of carbonyl (C=O) groups is 2. The lowest BCUT2D eigenvalue weighted by atomic mass is 10.1. The summed E-state index contributed by atoms with van der Waals surface area (Å²) in [4.78, 5) is 24.7. The van der Waals surface area contributed by atoms with E-state index in [1.807, 2.05) is 25.1 Å². The largest absolute Gasteiger partial charge is 0.493 e. The molecule has 0 aliphatic carbocycles. The van der Waals surface area contributed by atoms with Crippen LogP contribution < -0.4 is 14.8 Å². The highest BCUT2D eigenvalue weighted by molar-refractivity contribution is 6.09. The number of anilines is 1. The van der Waals surface area contributed by atoms with Gasteiger partial charge in [0.2, 0.25) is 0 Å². The van der Waals surface area contributed by atoms with E-state index in [1.54, 1.807) is 31.2 Å². The molecule has 3 rings (SSSR count). The molecule has 0 aliphatic heterocycles. The molecular weight excluding hydrogens is 398 g/mol. The van der Waals surface area contributed by atoms with Gasteiger partial charge in [-0.05, 0) is 49.8 Å². The average molecular weight is 417 g/mol. The molecule has 1 amide bonds. The summed E-state index contributed by atoms with van der Waals surface area (Å²) in [6.45, 7) is 3.61. The van der Waals surface area contributed by atoms with Crippen LogP contribution in [0.15, 0.2) is 58.6 Å². The summed E-state index contributed by atoms with van der Waals surface area (Å²) in [5.41, 5.74) is 1.80. The lowest BCUT2D eigenvalue weighted by Gasteiger charge is -2.10. The molecule has 1 aromatic heterocycles. The predicted octanol–water partition coefficient (Wildman–Crippen LogP) is 4.06. The van der Waals surface area contributed by atoms with E-state index in [0.717, 1.165) is 5.56 Å². The van der Waals surface area contributed by atoms with Gasteiger partial charge in [0.1, 0.15) is 17.4 Å². The van der Waals surface area contributed by atoms with Crippen LogP contribution in [0.3, 0.4) is 0 Å². The summed E-state index contributed by atoms with van der Waals surface area (Å²) < 4.78 is 15.6. The van der Waals surface area contributed by atoms with Gasteiger partial charge in [-0.25, -0.2) is 4.79 Å². The Morgan fingerprint density at radius 1 is 1.10 bits per heavy atom. The van der Waals surface area contributed by atoms with Crippen molar-refractivity contribution in [1.29, 1.82) is 5.26 Å².